The number of aromatic nitrogens is 2. The molecule has 0 aromatic carbocycles. The maximum absolute atomic E-state index is 8.69. The molecule has 0 amide bonds. The fraction of sp³-hybridized carbons (Fsp3) is 0.111. The van der Waals surface area contributed by atoms with Gasteiger partial charge in [-0.3, -0.25) is 0 Å². The number of pyridine rings is 1. The number of nitriles is 1. The molecule has 0 saturated carbocycles. The van der Waals surface area contributed by atoms with Crippen molar-refractivity contribution in [1.82, 2.24) is 9.97 Å². The van der Waals surface area contributed by atoms with Gasteiger partial charge in [0, 0.05) is 11.6 Å². The maximum Gasteiger partial charge on any atom is 0.145 e. The third-order valence-corrected chi connectivity index (χ3v) is 1.83. The van der Waals surface area contributed by atoms with E-state index in [0.717, 1.165) is 16.6 Å². The molecule has 0 aliphatic heterocycles. The second-order valence-corrected chi connectivity index (χ2v) is 2.68. The third kappa shape index (κ3) is 0.857. The Bertz CT molecular complexity index is 462. The van der Waals surface area contributed by atoms with Gasteiger partial charge in [0.25, 0.3) is 0 Å². The lowest BCUT2D eigenvalue weighted by Crippen LogP contribution is -1.87. The molecule has 58 valence electrons. The average molecular weight is 157 g/mol. The summed E-state index contributed by atoms with van der Waals surface area (Å²) in [5.74, 6) is 0. The summed E-state index contributed by atoms with van der Waals surface area (Å²) >= 11 is 0. The van der Waals surface area contributed by atoms with Crippen molar-refractivity contribution < 1.29 is 0 Å². The standard InChI is InChI=1S/C9H7N3/c1-6-4-7-2-3-11-9(7)12-8(6)5-10/h2-4H,1H3,(H,11,12). The number of nitrogens with zero attached hydrogens (tertiary/aromatic N) is 2. The summed E-state index contributed by atoms with van der Waals surface area (Å²) in [6.45, 7) is 1.89. The molecule has 1 N–H and O–H groups in total. The van der Waals surface area contributed by atoms with Crippen LogP contribution in [0.25, 0.3) is 11.0 Å². The third-order valence-electron chi connectivity index (χ3n) is 1.83. The monoisotopic (exact) mass is 157 g/mol. The lowest BCUT2D eigenvalue weighted by Gasteiger charge is -1.95. The molecule has 0 saturated heterocycles. The van der Waals surface area contributed by atoms with E-state index in [9.17, 15) is 0 Å². The fourth-order valence-corrected chi connectivity index (χ4v) is 1.20. The zero-order chi connectivity index (χ0) is 8.55. The highest BCUT2D eigenvalue weighted by molar-refractivity contribution is 5.76. The minimum Gasteiger partial charge on any atom is -0.346 e. The first kappa shape index (κ1) is 6.86. The number of aromatic amines is 1. The van der Waals surface area contributed by atoms with E-state index in [-0.39, 0.29) is 0 Å². The summed E-state index contributed by atoms with van der Waals surface area (Å²) in [6.07, 6.45) is 1.82. The molecule has 12 heavy (non-hydrogen) atoms. The van der Waals surface area contributed by atoms with Crippen LogP contribution in [0.2, 0.25) is 0 Å². The Morgan fingerprint density at radius 1 is 1.58 bits per heavy atom. The molecule has 3 heteroatoms. The minimum atomic E-state index is 0.491. The number of rotatable bonds is 0. The van der Waals surface area contributed by atoms with Crippen LogP contribution in [0.1, 0.15) is 11.3 Å². The summed E-state index contributed by atoms with van der Waals surface area (Å²) in [4.78, 5) is 7.10. The molecule has 0 aliphatic carbocycles. The van der Waals surface area contributed by atoms with Gasteiger partial charge in [-0.15, -0.1) is 0 Å². The van der Waals surface area contributed by atoms with Crippen molar-refractivity contribution in [2.24, 2.45) is 0 Å². The first-order valence-corrected chi connectivity index (χ1v) is 3.66. The van der Waals surface area contributed by atoms with E-state index >= 15 is 0 Å². The molecular weight excluding hydrogens is 150 g/mol. The van der Waals surface area contributed by atoms with Crippen LogP contribution in [-0.2, 0) is 0 Å². The number of H-pyrrole nitrogens is 1. The van der Waals surface area contributed by atoms with Crippen LogP contribution in [-0.4, -0.2) is 9.97 Å². The first-order valence-electron chi connectivity index (χ1n) is 3.66. The van der Waals surface area contributed by atoms with Gasteiger partial charge in [-0.05, 0) is 24.6 Å². The van der Waals surface area contributed by atoms with Crippen molar-refractivity contribution in [3.63, 3.8) is 0 Å². The SMILES string of the molecule is Cc1cc2cc[nH]c2nc1C#N. The van der Waals surface area contributed by atoms with Crippen molar-refractivity contribution in [2.75, 3.05) is 0 Å². The molecule has 2 aromatic rings. The lowest BCUT2D eigenvalue weighted by molar-refractivity contribution is 1.23. The smallest absolute Gasteiger partial charge is 0.145 e. The van der Waals surface area contributed by atoms with Crippen LogP contribution in [0.3, 0.4) is 0 Å². The predicted molar refractivity (Wildman–Crippen MR) is 45.5 cm³/mol. The highest BCUT2D eigenvalue weighted by Gasteiger charge is 2.01. The summed E-state index contributed by atoms with van der Waals surface area (Å²) in [7, 11) is 0. The van der Waals surface area contributed by atoms with Crippen molar-refractivity contribution >= 4 is 11.0 Å². The highest BCUT2D eigenvalue weighted by Crippen LogP contribution is 2.13. The van der Waals surface area contributed by atoms with Gasteiger partial charge in [-0.1, -0.05) is 0 Å². The number of hydrogen-bond donors (Lipinski definition) is 1. The number of hydrogen-bond acceptors (Lipinski definition) is 2. The second kappa shape index (κ2) is 2.35. The molecule has 0 unspecified atom stereocenters. The van der Waals surface area contributed by atoms with Crippen LogP contribution in [0.4, 0.5) is 0 Å². The molecule has 3 nitrogen and oxygen atoms in total. The van der Waals surface area contributed by atoms with Gasteiger partial charge in [0.05, 0.1) is 0 Å². The van der Waals surface area contributed by atoms with Crippen LogP contribution in [0.5, 0.6) is 0 Å². The van der Waals surface area contributed by atoms with Crippen molar-refractivity contribution in [3.8, 4) is 6.07 Å². The van der Waals surface area contributed by atoms with E-state index in [1.807, 2.05) is 31.3 Å². The molecule has 0 spiro atoms. The molecule has 2 rings (SSSR count). The Kier molecular flexibility index (Phi) is 1.34. The van der Waals surface area contributed by atoms with Gasteiger partial charge in [0.2, 0.25) is 0 Å². The van der Waals surface area contributed by atoms with Crippen LogP contribution in [0, 0.1) is 18.3 Å². The van der Waals surface area contributed by atoms with Gasteiger partial charge in [-0.2, -0.15) is 5.26 Å². The zero-order valence-electron chi connectivity index (χ0n) is 6.63. The van der Waals surface area contributed by atoms with E-state index in [0.29, 0.717) is 5.69 Å². The van der Waals surface area contributed by atoms with E-state index < -0.39 is 0 Å². The zero-order valence-corrected chi connectivity index (χ0v) is 6.63. The first-order chi connectivity index (χ1) is 5.81. The number of nitrogens with one attached hydrogen (secondary N) is 1. The normalized spacial score (nSPS) is 10.0. The minimum absolute atomic E-state index is 0.491. The Morgan fingerprint density at radius 3 is 3.17 bits per heavy atom. The van der Waals surface area contributed by atoms with Crippen LogP contribution >= 0.6 is 0 Å². The molecular formula is C9H7N3. The van der Waals surface area contributed by atoms with Gasteiger partial charge < -0.3 is 4.98 Å². The molecule has 0 atom stereocenters. The van der Waals surface area contributed by atoms with Gasteiger partial charge in [0.1, 0.15) is 17.4 Å². The van der Waals surface area contributed by atoms with Gasteiger partial charge >= 0.3 is 0 Å². The van der Waals surface area contributed by atoms with E-state index in [4.69, 9.17) is 5.26 Å². The molecule has 2 aromatic heterocycles. The molecule has 0 radical (unpaired) electrons. The molecule has 2 heterocycles. The van der Waals surface area contributed by atoms with Crippen LogP contribution < -0.4 is 0 Å². The molecule has 0 aliphatic rings. The predicted octanol–water partition coefficient (Wildman–Crippen LogP) is 1.74. The summed E-state index contributed by atoms with van der Waals surface area (Å²) in [5.41, 5.74) is 2.19. The summed E-state index contributed by atoms with van der Waals surface area (Å²) in [5, 5.41) is 9.74. The maximum atomic E-state index is 8.69. The molecule has 0 bridgehead atoms. The average Bonchev–Trinajstić information content (AvgIpc) is 2.49. The lowest BCUT2D eigenvalue weighted by atomic mass is 10.2. The summed E-state index contributed by atoms with van der Waals surface area (Å²) in [6, 6.07) is 5.94. The van der Waals surface area contributed by atoms with Crippen molar-refractivity contribution in [3.05, 3.63) is 29.6 Å². The van der Waals surface area contributed by atoms with Crippen LogP contribution in [0.15, 0.2) is 18.3 Å². The molecule has 0 fully saturated rings. The Labute approximate surface area is 69.7 Å². The largest absolute Gasteiger partial charge is 0.346 e. The van der Waals surface area contributed by atoms with E-state index in [2.05, 4.69) is 9.97 Å². The quantitative estimate of drug-likeness (QED) is 0.633. The van der Waals surface area contributed by atoms with E-state index in [1.54, 1.807) is 0 Å². The fourth-order valence-electron chi connectivity index (χ4n) is 1.20. The van der Waals surface area contributed by atoms with Crippen molar-refractivity contribution in [1.29, 1.82) is 5.26 Å². The second-order valence-electron chi connectivity index (χ2n) is 2.68. The Morgan fingerprint density at radius 2 is 2.42 bits per heavy atom. The van der Waals surface area contributed by atoms with Crippen molar-refractivity contribution in [2.45, 2.75) is 6.92 Å². The van der Waals surface area contributed by atoms with Gasteiger partial charge in [-0.25, -0.2) is 4.98 Å². The highest BCUT2D eigenvalue weighted by atomic mass is 14.8. The number of aryl methyl sites for hydroxylation is 1. The Balaban J connectivity index is 2.84. The Hall–Kier alpha value is -1.82. The topological polar surface area (TPSA) is 52.5 Å². The van der Waals surface area contributed by atoms with Gasteiger partial charge in [0.15, 0.2) is 0 Å². The van der Waals surface area contributed by atoms with E-state index in [1.165, 1.54) is 0 Å². The summed E-state index contributed by atoms with van der Waals surface area (Å²) < 4.78 is 0. The number of fused-ring (bicyclic) bond motifs is 1.